The van der Waals surface area contributed by atoms with Gasteiger partial charge in [0.1, 0.15) is 17.7 Å². The minimum atomic E-state index is -4.50. The molecule has 3 aromatic rings. The van der Waals surface area contributed by atoms with Gasteiger partial charge in [0.15, 0.2) is 0 Å². The molecule has 4 rings (SSSR count). The van der Waals surface area contributed by atoms with Crippen molar-refractivity contribution in [3.63, 3.8) is 0 Å². The van der Waals surface area contributed by atoms with Crippen molar-refractivity contribution in [3.05, 3.63) is 71.3 Å². The summed E-state index contributed by atoms with van der Waals surface area (Å²) >= 11 is 0. The third kappa shape index (κ3) is 4.35. The number of aliphatic carboxylic acids is 1. The first-order valence-electron chi connectivity index (χ1n) is 10.4. The van der Waals surface area contributed by atoms with Crippen molar-refractivity contribution < 1.29 is 32.2 Å². The molecule has 2 aromatic carbocycles. The van der Waals surface area contributed by atoms with Crippen LogP contribution in [0.3, 0.4) is 0 Å². The van der Waals surface area contributed by atoms with Gasteiger partial charge in [0, 0.05) is 5.56 Å². The van der Waals surface area contributed by atoms with Crippen LogP contribution in [0.15, 0.2) is 53.1 Å². The molecule has 1 aromatic heterocycles. The fraction of sp³-hybridized carbons (Fsp3) is 0.333. The highest BCUT2D eigenvalue weighted by Crippen LogP contribution is 2.40. The van der Waals surface area contributed by atoms with E-state index in [2.05, 4.69) is 11.9 Å². The highest BCUT2D eigenvalue weighted by atomic mass is 19.4. The second-order valence-electron chi connectivity index (χ2n) is 7.81. The number of aromatic nitrogens is 1. The van der Waals surface area contributed by atoms with Crippen LogP contribution in [-0.2, 0) is 17.4 Å². The Morgan fingerprint density at radius 1 is 1.28 bits per heavy atom. The molecule has 2 atom stereocenters. The molecule has 2 unspecified atom stereocenters. The summed E-state index contributed by atoms with van der Waals surface area (Å²) in [4.78, 5) is 16.1. The predicted molar refractivity (Wildman–Crippen MR) is 110 cm³/mol. The summed E-state index contributed by atoms with van der Waals surface area (Å²) in [5, 5.41) is 9.75. The number of alkyl halides is 3. The quantitative estimate of drug-likeness (QED) is 0.476. The standard InChI is InChI=1S/C24H22F3NO4/c1-2-14-6-4-10-18-17(14)9-5-11-20(18)32-21(23(29)30)22-28-19(13-31-22)15-7-3-8-16(12-15)24(25,26)27/h3,5,7-9,11-14,21H,2,4,6,10H2,1H3,(H,29,30). The van der Waals surface area contributed by atoms with E-state index < -0.39 is 23.8 Å². The van der Waals surface area contributed by atoms with E-state index in [0.29, 0.717) is 11.7 Å². The number of carboxylic acid groups (broad SMARTS) is 1. The highest BCUT2D eigenvalue weighted by molar-refractivity contribution is 5.74. The van der Waals surface area contributed by atoms with Gasteiger partial charge >= 0.3 is 12.1 Å². The molecule has 0 spiro atoms. The van der Waals surface area contributed by atoms with Gasteiger partial charge in [-0.2, -0.15) is 13.2 Å². The van der Waals surface area contributed by atoms with E-state index in [1.54, 1.807) is 6.07 Å². The summed E-state index contributed by atoms with van der Waals surface area (Å²) in [6, 6.07) is 10.2. The Morgan fingerprint density at radius 2 is 2.06 bits per heavy atom. The van der Waals surface area contributed by atoms with Gasteiger partial charge in [0.05, 0.1) is 5.56 Å². The van der Waals surface area contributed by atoms with Crippen LogP contribution >= 0.6 is 0 Å². The topological polar surface area (TPSA) is 72.6 Å². The van der Waals surface area contributed by atoms with Crippen LogP contribution in [0.25, 0.3) is 11.3 Å². The smallest absolute Gasteiger partial charge is 0.416 e. The van der Waals surface area contributed by atoms with Crippen LogP contribution < -0.4 is 4.74 Å². The van der Waals surface area contributed by atoms with Crippen molar-refractivity contribution in [1.82, 2.24) is 4.98 Å². The van der Waals surface area contributed by atoms with Crippen molar-refractivity contribution in [2.24, 2.45) is 0 Å². The number of oxazole rings is 1. The number of carbonyl (C=O) groups is 1. The first kappa shape index (κ1) is 21.9. The van der Waals surface area contributed by atoms with Crippen LogP contribution in [0.4, 0.5) is 13.2 Å². The molecular weight excluding hydrogens is 423 g/mol. The zero-order valence-electron chi connectivity index (χ0n) is 17.4. The van der Waals surface area contributed by atoms with Crippen molar-refractivity contribution in [3.8, 4) is 17.0 Å². The van der Waals surface area contributed by atoms with Crippen LogP contribution in [0.1, 0.15) is 60.8 Å². The average Bonchev–Trinajstić information content (AvgIpc) is 3.26. The summed E-state index contributed by atoms with van der Waals surface area (Å²) < 4.78 is 50.2. The fourth-order valence-corrected chi connectivity index (χ4v) is 4.18. The zero-order chi connectivity index (χ0) is 22.9. The largest absolute Gasteiger partial charge is 0.478 e. The van der Waals surface area contributed by atoms with Gasteiger partial charge in [0.25, 0.3) is 6.10 Å². The molecular formula is C24H22F3NO4. The fourth-order valence-electron chi connectivity index (χ4n) is 4.18. The molecule has 1 N–H and O–H groups in total. The Kier molecular flexibility index (Phi) is 5.95. The van der Waals surface area contributed by atoms with Crippen LogP contribution in [-0.4, -0.2) is 16.1 Å². The first-order chi connectivity index (χ1) is 15.3. The number of rotatable bonds is 6. The summed E-state index contributed by atoms with van der Waals surface area (Å²) in [6.45, 7) is 2.12. The van der Waals surface area contributed by atoms with Crippen LogP contribution in [0.5, 0.6) is 5.75 Å². The lowest BCUT2D eigenvalue weighted by molar-refractivity contribution is -0.146. The maximum atomic E-state index is 13.0. The second-order valence-corrected chi connectivity index (χ2v) is 7.81. The Labute approximate surface area is 182 Å². The van der Waals surface area contributed by atoms with Gasteiger partial charge < -0.3 is 14.3 Å². The SMILES string of the molecule is CCC1CCCc2c(OC(C(=O)O)c3nc(-c4cccc(C(F)(F)F)c4)co3)cccc21. The van der Waals surface area contributed by atoms with Crippen LogP contribution in [0, 0.1) is 0 Å². The minimum Gasteiger partial charge on any atom is -0.478 e. The van der Waals surface area contributed by atoms with Gasteiger partial charge in [-0.1, -0.05) is 31.2 Å². The van der Waals surface area contributed by atoms with E-state index in [-0.39, 0.29) is 17.1 Å². The number of nitrogens with zero attached hydrogens (tertiary/aromatic N) is 1. The lowest BCUT2D eigenvalue weighted by atomic mass is 9.81. The summed E-state index contributed by atoms with van der Waals surface area (Å²) in [7, 11) is 0. The van der Waals surface area contributed by atoms with E-state index in [1.807, 2.05) is 12.1 Å². The molecule has 32 heavy (non-hydrogen) atoms. The van der Waals surface area contributed by atoms with Crippen molar-refractivity contribution in [2.45, 2.75) is 50.8 Å². The van der Waals surface area contributed by atoms with E-state index in [0.717, 1.165) is 55.2 Å². The van der Waals surface area contributed by atoms with E-state index >= 15 is 0 Å². The Bertz CT molecular complexity index is 1120. The molecule has 168 valence electrons. The molecule has 0 radical (unpaired) electrons. The zero-order valence-corrected chi connectivity index (χ0v) is 17.4. The normalized spacial score (nSPS) is 16.9. The number of hydrogen-bond donors (Lipinski definition) is 1. The first-order valence-corrected chi connectivity index (χ1v) is 10.4. The molecule has 0 fully saturated rings. The predicted octanol–water partition coefficient (Wildman–Crippen LogP) is 6.40. The monoisotopic (exact) mass is 445 g/mol. The Balaban J connectivity index is 1.64. The minimum absolute atomic E-state index is 0.0992. The van der Waals surface area contributed by atoms with Gasteiger partial charge in [-0.15, -0.1) is 0 Å². The maximum Gasteiger partial charge on any atom is 0.416 e. The Hall–Kier alpha value is -3.29. The molecule has 1 aliphatic rings. The third-order valence-electron chi connectivity index (χ3n) is 5.78. The van der Waals surface area contributed by atoms with Gasteiger partial charge in [-0.05, 0) is 60.9 Å². The number of benzene rings is 2. The highest BCUT2D eigenvalue weighted by Gasteiger charge is 2.32. The van der Waals surface area contributed by atoms with Crippen LogP contribution in [0.2, 0.25) is 0 Å². The molecule has 0 amide bonds. The van der Waals surface area contributed by atoms with E-state index in [9.17, 15) is 23.1 Å². The molecule has 1 heterocycles. The molecule has 1 aliphatic carbocycles. The number of ether oxygens (including phenoxy) is 1. The maximum absolute atomic E-state index is 13.0. The van der Waals surface area contributed by atoms with Crippen molar-refractivity contribution >= 4 is 5.97 Å². The van der Waals surface area contributed by atoms with E-state index in [4.69, 9.17) is 9.15 Å². The number of hydrogen-bond acceptors (Lipinski definition) is 4. The number of carboxylic acids is 1. The number of halogens is 3. The summed E-state index contributed by atoms with van der Waals surface area (Å²) in [5.74, 6) is -0.667. The van der Waals surface area contributed by atoms with Gasteiger partial charge in [-0.25, -0.2) is 9.78 Å². The molecule has 0 saturated carbocycles. The lowest BCUT2D eigenvalue weighted by Crippen LogP contribution is -2.20. The average molecular weight is 445 g/mol. The van der Waals surface area contributed by atoms with Crippen molar-refractivity contribution in [2.75, 3.05) is 0 Å². The molecule has 5 nitrogen and oxygen atoms in total. The third-order valence-corrected chi connectivity index (χ3v) is 5.78. The molecule has 8 heteroatoms. The molecule has 0 saturated heterocycles. The molecule has 0 aliphatic heterocycles. The molecule has 0 bridgehead atoms. The summed E-state index contributed by atoms with van der Waals surface area (Å²) in [5.41, 5.74) is 1.59. The number of fused-ring (bicyclic) bond motifs is 1. The second kappa shape index (κ2) is 8.68. The van der Waals surface area contributed by atoms with Gasteiger partial charge in [0.2, 0.25) is 5.89 Å². The van der Waals surface area contributed by atoms with Gasteiger partial charge in [-0.3, -0.25) is 0 Å². The lowest BCUT2D eigenvalue weighted by Gasteiger charge is -2.27. The van der Waals surface area contributed by atoms with E-state index in [1.165, 1.54) is 12.1 Å². The van der Waals surface area contributed by atoms with Crippen molar-refractivity contribution in [1.29, 1.82) is 0 Å². The Morgan fingerprint density at radius 3 is 2.78 bits per heavy atom. The summed E-state index contributed by atoms with van der Waals surface area (Å²) in [6.07, 6.45) is -1.05.